The Balaban J connectivity index is 1.91. The highest BCUT2D eigenvalue weighted by atomic mass is 16.3. The van der Waals surface area contributed by atoms with Crippen LogP contribution in [0.2, 0.25) is 0 Å². The maximum Gasteiger partial charge on any atom is 0.251 e. The lowest BCUT2D eigenvalue weighted by molar-refractivity contribution is 0.0924. The van der Waals surface area contributed by atoms with E-state index in [1.807, 2.05) is 24.3 Å². The van der Waals surface area contributed by atoms with Gasteiger partial charge in [-0.3, -0.25) is 4.79 Å². The molecule has 5 heteroatoms. The molecule has 1 aliphatic heterocycles. The number of carbonyl (C=O) groups is 1. The first-order chi connectivity index (χ1) is 10.1. The predicted molar refractivity (Wildman–Crippen MR) is 84.8 cm³/mol. The Morgan fingerprint density at radius 2 is 1.86 bits per heavy atom. The molecule has 0 spiro atoms. The minimum absolute atomic E-state index is 0.141. The highest BCUT2D eigenvalue weighted by molar-refractivity contribution is 5.94. The maximum atomic E-state index is 11.9. The van der Waals surface area contributed by atoms with Gasteiger partial charge < -0.3 is 20.2 Å². The molecular weight excluding hydrogens is 266 g/mol. The van der Waals surface area contributed by atoms with Gasteiger partial charge in [0.25, 0.3) is 5.91 Å². The minimum atomic E-state index is -0.525. The lowest BCUT2D eigenvalue weighted by Gasteiger charge is -2.35. The number of carbonyl (C=O) groups excluding carboxylic acids is 1. The van der Waals surface area contributed by atoms with Crippen molar-refractivity contribution in [1.29, 1.82) is 0 Å². The van der Waals surface area contributed by atoms with Gasteiger partial charge >= 0.3 is 0 Å². The van der Waals surface area contributed by atoms with Gasteiger partial charge in [-0.25, -0.2) is 0 Å². The lowest BCUT2D eigenvalue weighted by atomic mass is 10.1. The Hall–Kier alpha value is -1.59. The summed E-state index contributed by atoms with van der Waals surface area (Å²) in [6.07, 6.45) is -0.525. The molecule has 0 radical (unpaired) electrons. The van der Waals surface area contributed by atoms with E-state index in [0.29, 0.717) is 5.56 Å². The molecule has 1 unspecified atom stereocenters. The van der Waals surface area contributed by atoms with E-state index in [0.717, 1.165) is 38.4 Å². The van der Waals surface area contributed by atoms with Crippen molar-refractivity contribution in [3.8, 4) is 0 Å². The molecule has 1 heterocycles. The first-order valence-electron chi connectivity index (χ1n) is 7.63. The molecular formula is C16H25N3O2. The van der Waals surface area contributed by atoms with Crippen LogP contribution in [-0.2, 0) is 0 Å². The van der Waals surface area contributed by atoms with E-state index < -0.39 is 6.10 Å². The summed E-state index contributed by atoms with van der Waals surface area (Å²) >= 11 is 0. The van der Waals surface area contributed by atoms with Crippen molar-refractivity contribution in [3.05, 3.63) is 29.8 Å². The summed E-state index contributed by atoms with van der Waals surface area (Å²) in [6, 6.07) is 7.69. The second kappa shape index (κ2) is 7.43. The van der Waals surface area contributed by atoms with Gasteiger partial charge in [0, 0.05) is 44.0 Å². The molecule has 1 aliphatic rings. The molecule has 1 fully saturated rings. The maximum absolute atomic E-state index is 11.9. The molecule has 116 valence electrons. The number of amides is 1. The Labute approximate surface area is 126 Å². The fourth-order valence-corrected chi connectivity index (χ4v) is 2.49. The normalized spacial score (nSPS) is 17.6. The van der Waals surface area contributed by atoms with Gasteiger partial charge in [-0.15, -0.1) is 0 Å². The number of aliphatic hydroxyl groups excluding tert-OH is 1. The Kier molecular flexibility index (Phi) is 5.59. The van der Waals surface area contributed by atoms with Crippen LogP contribution in [0.5, 0.6) is 0 Å². The fourth-order valence-electron chi connectivity index (χ4n) is 2.49. The summed E-state index contributed by atoms with van der Waals surface area (Å²) in [4.78, 5) is 16.7. The zero-order valence-corrected chi connectivity index (χ0v) is 12.9. The van der Waals surface area contributed by atoms with Crippen molar-refractivity contribution >= 4 is 11.6 Å². The van der Waals surface area contributed by atoms with E-state index in [-0.39, 0.29) is 12.5 Å². The number of anilines is 1. The molecule has 1 saturated heterocycles. The monoisotopic (exact) mass is 291 g/mol. The molecule has 21 heavy (non-hydrogen) atoms. The van der Waals surface area contributed by atoms with E-state index in [2.05, 4.69) is 22.0 Å². The molecule has 1 amide bonds. The first kappa shape index (κ1) is 15.8. The molecule has 1 atom stereocenters. The van der Waals surface area contributed by atoms with Crippen LogP contribution in [-0.4, -0.2) is 61.3 Å². The van der Waals surface area contributed by atoms with Gasteiger partial charge in [0.2, 0.25) is 0 Å². The number of rotatable bonds is 5. The quantitative estimate of drug-likeness (QED) is 0.848. The largest absolute Gasteiger partial charge is 0.392 e. The molecule has 0 aliphatic carbocycles. The summed E-state index contributed by atoms with van der Waals surface area (Å²) in [7, 11) is 0. The zero-order valence-electron chi connectivity index (χ0n) is 12.9. The minimum Gasteiger partial charge on any atom is -0.392 e. The number of piperazine rings is 1. The number of benzene rings is 1. The van der Waals surface area contributed by atoms with Crippen LogP contribution in [0.4, 0.5) is 5.69 Å². The summed E-state index contributed by atoms with van der Waals surface area (Å²) in [5, 5.41) is 11.9. The molecule has 2 N–H and O–H groups in total. The second-order valence-corrected chi connectivity index (χ2v) is 5.53. The van der Waals surface area contributed by atoms with Crippen molar-refractivity contribution in [3.63, 3.8) is 0 Å². The molecule has 0 bridgehead atoms. The van der Waals surface area contributed by atoms with E-state index in [9.17, 15) is 9.90 Å². The fraction of sp³-hybridized carbons (Fsp3) is 0.562. The average molecular weight is 291 g/mol. The lowest BCUT2D eigenvalue weighted by Crippen LogP contribution is -2.46. The van der Waals surface area contributed by atoms with Crippen LogP contribution in [0.3, 0.4) is 0 Å². The van der Waals surface area contributed by atoms with Crippen LogP contribution in [0, 0.1) is 0 Å². The van der Waals surface area contributed by atoms with Crippen LogP contribution >= 0.6 is 0 Å². The predicted octanol–water partition coefficient (Wildman–Crippen LogP) is 0.939. The third kappa shape index (κ3) is 4.44. The molecule has 1 aromatic carbocycles. The van der Waals surface area contributed by atoms with Gasteiger partial charge in [0.1, 0.15) is 0 Å². The van der Waals surface area contributed by atoms with E-state index in [1.165, 1.54) is 0 Å². The smallest absolute Gasteiger partial charge is 0.251 e. The Morgan fingerprint density at radius 1 is 1.24 bits per heavy atom. The van der Waals surface area contributed by atoms with Crippen LogP contribution < -0.4 is 10.2 Å². The second-order valence-electron chi connectivity index (χ2n) is 5.53. The number of nitrogens with zero attached hydrogens (tertiary/aromatic N) is 2. The van der Waals surface area contributed by atoms with Crippen LogP contribution in [0.25, 0.3) is 0 Å². The topological polar surface area (TPSA) is 55.8 Å². The number of nitrogens with one attached hydrogen (secondary N) is 1. The molecule has 0 saturated carbocycles. The van der Waals surface area contributed by atoms with E-state index >= 15 is 0 Å². The Bertz CT molecular complexity index is 451. The van der Waals surface area contributed by atoms with Gasteiger partial charge in [0.15, 0.2) is 0 Å². The van der Waals surface area contributed by atoms with Crippen molar-refractivity contribution in [2.75, 3.05) is 44.2 Å². The Morgan fingerprint density at radius 3 is 2.38 bits per heavy atom. The van der Waals surface area contributed by atoms with Crippen molar-refractivity contribution in [1.82, 2.24) is 10.2 Å². The van der Waals surface area contributed by atoms with Gasteiger partial charge in [-0.1, -0.05) is 6.92 Å². The average Bonchev–Trinajstić information content (AvgIpc) is 2.53. The summed E-state index contributed by atoms with van der Waals surface area (Å²) in [5.41, 5.74) is 1.80. The van der Waals surface area contributed by atoms with Crippen molar-refractivity contribution < 1.29 is 9.90 Å². The third-order valence-electron chi connectivity index (χ3n) is 3.87. The van der Waals surface area contributed by atoms with Gasteiger partial charge in [0.05, 0.1) is 6.10 Å². The van der Waals surface area contributed by atoms with Gasteiger partial charge in [-0.2, -0.15) is 0 Å². The number of aliphatic hydroxyl groups is 1. The van der Waals surface area contributed by atoms with E-state index in [1.54, 1.807) is 6.92 Å². The third-order valence-corrected chi connectivity index (χ3v) is 3.87. The summed E-state index contributed by atoms with van der Waals surface area (Å²) < 4.78 is 0. The molecule has 2 rings (SSSR count). The standard InChI is InChI=1S/C16H25N3O2/c1-3-18-8-10-19(11-9-18)15-6-4-14(5-7-15)16(21)17-12-13(2)20/h4-7,13,20H,3,8-12H2,1-2H3,(H,17,21). The number of hydrogen-bond donors (Lipinski definition) is 2. The molecule has 1 aromatic rings. The zero-order chi connectivity index (χ0) is 15.2. The van der Waals surface area contributed by atoms with Crippen LogP contribution in [0.1, 0.15) is 24.2 Å². The highest BCUT2D eigenvalue weighted by Crippen LogP contribution is 2.17. The summed E-state index contributed by atoms with van der Waals surface area (Å²) in [6.45, 7) is 9.47. The number of likely N-dealkylation sites (N-methyl/N-ethyl adjacent to an activating group) is 1. The van der Waals surface area contributed by atoms with E-state index in [4.69, 9.17) is 0 Å². The molecule has 0 aromatic heterocycles. The SMILES string of the molecule is CCN1CCN(c2ccc(C(=O)NCC(C)O)cc2)CC1. The van der Waals surface area contributed by atoms with Crippen molar-refractivity contribution in [2.45, 2.75) is 20.0 Å². The molecule has 5 nitrogen and oxygen atoms in total. The van der Waals surface area contributed by atoms with Gasteiger partial charge in [-0.05, 0) is 37.7 Å². The highest BCUT2D eigenvalue weighted by Gasteiger charge is 2.16. The van der Waals surface area contributed by atoms with Crippen molar-refractivity contribution in [2.24, 2.45) is 0 Å². The van der Waals surface area contributed by atoms with Crippen LogP contribution in [0.15, 0.2) is 24.3 Å². The first-order valence-corrected chi connectivity index (χ1v) is 7.63. The number of hydrogen-bond acceptors (Lipinski definition) is 4. The summed E-state index contributed by atoms with van der Waals surface area (Å²) in [5.74, 6) is -0.141.